The first-order valence-corrected chi connectivity index (χ1v) is 6.07. The van der Waals surface area contributed by atoms with E-state index in [4.69, 9.17) is 4.42 Å². The Hall–Kier alpha value is -2.04. The molecular weight excluding hydrogens is 228 g/mol. The first-order valence-electron chi connectivity index (χ1n) is 6.07. The minimum Gasteiger partial charge on any atom is -0.467 e. The summed E-state index contributed by atoms with van der Waals surface area (Å²) < 4.78 is 5.36. The van der Waals surface area contributed by atoms with Gasteiger partial charge >= 0.3 is 0 Å². The van der Waals surface area contributed by atoms with Crippen molar-refractivity contribution in [3.63, 3.8) is 0 Å². The Morgan fingerprint density at radius 1 is 1.33 bits per heavy atom. The van der Waals surface area contributed by atoms with E-state index in [0.717, 1.165) is 29.5 Å². The van der Waals surface area contributed by atoms with E-state index in [2.05, 4.69) is 20.6 Å². The van der Waals surface area contributed by atoms with Crippen LogP contribution >= 0.6 is 0 Å². The van der Waals surface area contributed by atoms with Crippen LogP contribution in [0.1, 0.15) is 31.2 Å². The maximum atomic E-state index is 5.36. The van der Waals surface area contributed by atoms with Crippen molar-refractivity contribution >= 4 is 11.6 Å². The van der Waals surface area contributed by atoms with Crippen LogP contribution in [0.3, 0.4) is 0 Å². The van der Waals surface area contributed by atoms with Crippen molar-refractivity contribution in [3.05, 3.63) is 36.0 Å². The Bertz CT molecular complexity index is 496. The predicted octanol–water partition coefficient (Wildman–Crippen LogP) is 2.98. The van der Waals surface area contributed by atoms with Crippen molar-refractivity contribution < 1.29 is 4.42 Å². The van der Waals surface area contributed by atoms with Crippen molar-refractivity contribution in [1.29, 1.82) is 0 Å². The van der Waals surface area contributed by atoms with Gasteiger partial charge in [-0.05, 0) is 32.9 Å². The summed E-state index contributed by atoms with van der Waals surface area (Å²) >= 11 is 0. The maximum absolute atomic E-state index is 5.36. The molecule has 96 valence electrons. The molecule has 0 fully saturated rings. The first kappa shape index (κ1) is 12.4. The molecule has 2 N–H and O–H groups in total. The minimum atomic E-state index is 0.0723. The van der Waals surface area contributed by atoms with Gasteiger partial charge in [-0.3, -0.25) is 0 Å². The number of rotatable bonds is 5. The molecule has 0 radical (unpaired) electrons. The summed E-state index contributed by atoms with van der Waals surface area (Å²) in [6, 6.07) is 3.90. The second-order valence-corrected chi connectivity index (χ2v) is 4.11. The molecule has 0 spiro atoms. The molecule has 2 rings (SSSR count). The molecular formula is C13H18N4O. The van der Waals surface area contributed by atoms with E-state index in [9.17, 15) is 0 Å². The Labute approximate surface area is 107 Å². The molecule has 0 aliphatic rings. The monoisotopic (exact) mass is 246 g/mol. The molecule has 2 aromatic rings. The zero-order valence-electron chi connectivity index (χ0n) is 10.9. The topological polar surface area (TPSA) is 63.0 Å². The highest BCUT2D eigenvalue weighted by molar-refractivity contribution is 5.56. The highest BCUT2D eigenvalue weighted by Crippen LogP contribution is 2.23. The van der Waals surface area contributed by atoms with E-state index in [1.54, 1.807) is 12.6 Å². The highest BCUT2D eigenvalue weighted by Gasteiger charge is 2.12. The van der Waals surface area contributed by atoms with Gasteiger partial charge in [0.2, 0.25) is 0 Å². The normalized spacial score (nSPS) is 12.2. The van der Waals surface area contributed by atoms with Crippen LogP contribution < -0.4 is 10.6 Å². The van der Waals surface area contributed by atoms with Gasteiger partial charge in [0.05, 0.1) is 12.3 Å². The van der Waals surface area contributed by atoms with Crippen LogP contribution in [0, 0.1) is 6.92 Å². The summed E-state index contributed by atoms with van der Waals surface area (Å²) in [6.45, 7) is 6.91. The van der Waals surface area contributed by atoms with Gasteiger partial charge in [-0.25, -0.2) is 9.97 Å². The molecule has 1 unspecified atom stereocenters. The molecule has 5 nitrogen and oxygen atoms in total. The number of nitrogens with zero attached hydrogens (tertiary/aromatic N) is 2. The Kier molecular flexibility index (Phi) is 3.82. The molecule has 0 bridgehead atoms. The average molecular weight is 246 g/mol. The standard InChI is InChI=1S/C13H18N4O/c1-4-14-12-9(2)13(16-8-15-12)17-10(3)11-6-5-7-18-11/h5-8,10H,4H2,1-3H3,(H2,14,15,16,17). The van der Waals surface area contributed by atoms with Crippen LogP contribution in [0.4, 0.5) is 11.6 Å². The summed E-state index contributed by atoms with van der Waals surface area (Å²) in [5.41, 5.74) is 1.01. The summed E-state index contributed by atoms with van der Waals surface area (Å²) in [6.07, 6.45) is 3.23. The first-order chi connectivity index (χ1) is 8.72. The number of furan rings is 1. The van der Waals surface area contributed by atoms with E-state index < -0.39 is 0 Å². The molecule has 2 aromatic heterocycles. The van der Waals surface area contributed by atoms with Crippen LogP contribution in [0.25, 0.3) is 0 Å². The van der Waals surface area contributed by atoms with E-state index in [-0.39, 0.29) is 6.04 Å². The lowest BCUT2D eigenvalue weighted by atomic mass is 10.2. The zero-order valence-corrected chi connectivity index (χ0v) is 10.9. The van der Waals surface area contributed by atoms with Gasteiger partial charge in [0.25, 0.3) is 0 Å². The number of hydrogen-bond acceptors (Lipinski definition) is 5. The number of nitrogens with one attached hydrogen (secondary N) is 2. The molecule has 0 amide bonds. The van der Waals surface area contributed by atoms with Crippen LogP contribution in [-0.4, -0.2) is 16.5 Å². The summed E-state index contributed by atoms with van der Waals surface area (Å²) in [7, 11) is 0. The molecule has 0 aliphatic heterocycles. The van der Waals surface area contributed by atoms with Gasteiger partial charge in [-0.1, -0.05) is 0 Å². The third kappa shape index (κ3) is 2.61. The van der Waals surface area contributed by atoms with Crippen LogP contribution in [-0.2, 0) is 0 Å². The van der Waals surface area contributed by atoms with E-state index in [1.165, 1.54) is 0 Å². The van der Waals surface area contributed by atoms with E-state index >= 15 is 0 Å². The lowest BCUT2D eigenvalue weighted by Crippen LogP contribution is -2.11. The van der Waals surface area contributed by atoms with Crippen molar-refractivity contribution in [2.75, 3.05) is 17.2 Å². The lowest BCUT2D eigenvalue weighted by Gasteiger charge is -2.15. The summed E-state index contributed by atoms with van der Waals surface area (Å²) in [4.78, 5) is 8.48. The Morgan fingerprint density at radius 2 is 2.11 bits per heavy atom. The van der Waals surface area contributed by atoms with Crippen molar-refractivity contribution in [2.24, 2.45) is 0 Å². The quantitative estimate of drug-likeness (QED) is 0.849. The minimum absolute atomic E-state index is 0.0723. The lowest BCUT2D eigenvalue weighted by molar-refractivity contribution is 0.490. The van der Waals surface area contributed by atoms with E-state index in [0.29, 0.717) is 0 Å². The van der Waals surface area contributed by atoms with Gasteiger partial charge in [-0.15, -0.1) is 0 Å². The van der Waals surface area contributed by atoms with Crippen LogP contribution in [0.2, 0.25) is 0 Å². The van der Waals surface area contributed by atoms with Crippen molar-refractivity contribution in [1.82, 2.24) is 9.97 Å². The largest absolute Gasteiger partial charge is 0.467 e. The summed E-state index contributed by atoms with van der Waals surface area (Å²) in [5.74, 6) is 2.57. The smallest absolute Gasteiger partial charge is 0.135 e. The van der Waals surface area contributed by atoms with Gasteiger partial charge in [0, 0.05) is 12.1 Å². The van der Waals surface area contributed by atoms with E-state index in [1.807, 2.05) is 32.9 Å². The maximum Gasteiger partial charge on any atom is 0.135 e. The predicted molar refractivity (Wildman–Crippen MR) is 71.7 cm³/mol. The fourth-order valence-corrected chi connectivity index (χ4v) is 1.76. The molecule has 18 heavy (non-hydrogen) atoms. The average Bonchev–Trinajstić information content (AvgIpc) is 2.88. The molecule has 0 saturated carbocycles. The molecule has 1 atom stereocenters. The molecule has 0 aliphatic carbocycles. The summed E-state index contributed by atoms with van der Waals surface area (Å²) in [5, 5.41) is 6.54. The van der Waals surface area contributed by atoms with Gasteiger partial charge in [-0.2, -0.15) is 0 Å². The Morgan fingerprint density at radius 3 is 2.78 bits per heavy atom. The SMILES string of the molecule is CCNc1ncnc(NC(C)c2ccco2)c1C. The number of aromatic nitrogens is 2. The number of hydrogen-bond donors (Lipinski definition) is 2. The molecule has 0 aromatic carbocycles. The highest BCUT2D eigenvalue weighted by atomic mass is 16.3. The van der Waals surface area contributed by atoms with Crippen LogP contribution in [0.5, 0.6) is 0 Å². The molecule has 5 heteroatoms. The second kappa shape index (κ2) is 5.53. The second-order valence-electron chi connectivity index (χ2n) is 4.11. The van der Waals surface area contributed by atoms with Crippen molar-refractivity contribution in [2.45, 2.75) is 26.8 Å². The van der Waals surface area contributed by atoms with Gasteiger partial charge < -0.3 is 15.1 Å². The Balaban J connectivity index is 2.16. The fourth-order valence-electron chi connectivity index (χ4n) is 1.76. The fraction of sp³-hybridized carbons (Fsp3) is 0.385. The van der Waals surface area contributed by atoms with Gasteiger partial charge in [0.1, 0.15) is 23.7 Å². The zero-order chi connectivity index (χ0) is 13.0. The third-order valence-electron chi connectivity index (χ3n) is 2.75. The molecule has 2 heterocycles. The number of anilines is 2. The van der Waals surface area contributed by atoms with Crippen LogP contribution in [0.15, 0.2) is 29.1 Å². The molecule has 0 saturated heterocycles. The van der Waals surface area contributed by atoms with Crippen molar-refractivity contribution in [3.8, 4) is 0 Å². The third-order valence-corrected chi connectivity index (χ3v) is 2.75. The van der Waals surface area contributed by atoms with Gasteiger partial charge in [0.15, 0.2) is 0 Å².